The van der Waals surface area contributed by atoms with E-state index in [1.54, 1.807) is 12.2 Å². The Morgan fingerprint density at radius 3 is 1.21 bits per heavy atom. The summed E-state index contributed by atoms with van der Waals surface area (Å²) in [6.45, 7) is 12.3. The van der Waals surface area contributed by atoms with Crippen LogP contribution in [-0.4, -0.2) is 36.1 Å². The summed E-state index contributed by atoms with van der Waals surface area (Å²) in [6, 6.07) is 32.0. The van der Waals surface area contributed by atoms with Gasteiger partial charge in [0, 0.05) is 72.0 Å². The minimum Gasteiger partial charge on any atom is -0.436 e. The zero-order chi connectivity index (χ0) is 33.6. The fourth-order valence-corrected chi connectivity index (χ4v) is 6.29. The summed E-state index contributed by atoms with van der Waals surface area (Å²) < 4.78 is 12.7. The monoisotopic (exact) mass is 676 g/mol. The zero-order valence-corrected chi connectivity index (χ0v) is 29.1. The van der Waals surface area contributed by atoms with E-state index >= 15 is 0 Å². The zero-order valence-electron chi connectivity index (χ0n) is 27.6. The van der Waals surface area contributed by atoms with Gasteiger partial charge >= 0.3 is 0 Å². The number of oxazole rings is 2. The summed E-state index contributed by atoms with van der Waals surface area (Å²) in [7, 11) is 0. The Kier molecular flexibility index (Phi) is 10.3. The molecule has 0 saturated carbocycles. The van der Waals surface area contributed by atoms with E-state index in [2.05, 4.69) is 86.0 Å². The van der Waals surface area contributed by atoms with Crippen molar-refractivity contribution in [2.45, 2.75) is 27.7 Å². The minimum absolute atomic E-state index is 0.398. The van der Waals surface area contributed by atoms with Gasteiger partial charge in [0.25, 0.3) is 0 Å². The van der Waals surface area contributed by atoms with Crippen LogP contribution in [0.5, 0.6) is 0 Å². The molecule has 0 saturated heterocycles. The van der Waals surface area contributed by atoms with Gasteiger partial charge < -0.3 is 18.6 Å². The largest absolute Gasteiger partial charge is 0.436 e. The summed E-state index contributed by atoms with van der Waals surface area (Å²) in [5.41, 5.74) is 7.10. The number of benzene rings is 4. The Labute approximate surface area is 292 Å². The molecule has 0 aliphatic heterocycles. The number of rotatable bonds is 12. The van der Waals surface area contributed by atoms with Gasteiger partial charge in [-0.2, -0.15) is 0 Å². The number of anilines is 2. The van der Waals surface area contributed by atoms with Crippen molar-refractivity contribution in [3.8, 4) is 45.2 Å². The Bertz CT molecular complexity index is 1860. The summed E-state index contributed by atoms with van der Waals surface area (Å²) in [5.74, 6) is 1.98. The lowest BCUT2D eigenvalue weighted by atomic mass is 10.1. The lowest BCUT2D eigenvalue weighted by Crippen LogP contribution is -2.21. The van der Waals surface area contributed by atoms with Gasteiger partial charge in [0.15, 0.2) is 11.5 Å². The van der Waals surface area contributed by atoms with Crippen molar-refractivity contribution in [1.29, 1.82) is 0 Å². The highest BCUT2D eigenvalue weighted by Crippen LogP contribution is 2.39. The molecule has 0 aliphatic carbocycles. The smallest absolute Gasteiger partial charge is 0.220 e. The average Bonchev–Trinajstić information content (AvgIpc) is 3.74. The van der Waals surface area contributed by atoms with E-state index in [4.69, 9.17) is 42.0 Å². The van der Waals surface area contributed by atoms with E-state index in [0.29, 0.717) is 44.7 Å². The maximum absolute atomic E-state index is 6.65. The topological polar surface area (TPSA) is 58.5 Å². The van der Waals surface area contributed by atoms with Gasteiger partial charge in [-0.1, -0.05) is 71.7 Å². The second-order valence-corrected chi connectivity index (χ2v) is 12.0. The molecule has 0 bridgehead atoms. The molecule has 4 aromatic carbocycles. The highest BCUT2D eigenvalue weighted by Gasteiger charge is 2.21. The fourth-order valence-electron chi connectivity index (χ4n) is 5.84. The standard InChI is InChI=1S/C40H38Cl2N4O2/c1-5-45(6-2)29-21-17-27(18-22-29)37-39(31-13-9-11-15-33(31)41)47-35(43-37)25-26-36-44-38(40(48-36)32-14-10-12-16-34(32)42)28-19-23-30(24-20-28)46(7-3)8-4/h9-26H,5-8H2,1-4H3. The van der Waals surface area contributed by atoms with Crippen molar-refractivity contribution < 1.29 is 8.83 Å². The van der Waals surface area contributed by atoms with Crippen LogP contribution in [0.3, 0.4) is 0 Å². The van der Waals surface area contributed by atoms with Gasteiger partial charge in [0.05, 0.1) is 10.0 Å². The predicted octanol–water partition coefficient (Wildman–Crippen LogP) is 11.5. The Balaban J connectivity index is 1.39. The Morgan fingerprint density at radius 1 is 0.521 bits per heavy atom. The third-order valence-electron chi connectivity index (χ3n) is 8.43. The first-order valence-corrected chi connectivity index (χ1v) is 17.1. The van der Waals surface area contributed by atoms with Crippen molar-refractivity contribution in [2.24, 2.45) is 0 Å². The van der Waals surface area contributed by atoms with E-state index in [0.717, 1.165) is 59.8 Å². The molecule has 0 radical (unpaired) electrons. The first kappa shape index (κ1) is 33.1. The highest BCUT2D eigenvalue weighted by atomic mass is 35.5. The van der Waals surface area contributed by atoms with Crippen molar-refractivity contribution in [2.75, 3.05) is 36.0 Å². The molecule has 0 atom stereocenters. The number of hydrogen-bond donors (Lipinski definition) is 0. The molecule has 0 fully saturated rings. The van der Waals surface area contributed by atoms with Crippen LogP contribution in [0, 0.1) is 0 Å². The van der Waals surface area contributed by atoms with Crippen LogP contribution in [0.25, 0.3) is 57.3 Å². The minimum atomic E-state index is 0.398. The summed E-state index contributed by atoms with van der Waals surface area (Å²) in [6.07, 6.45) is 3.53. The molecular formula is C40H38Cl2N4O2. The Morgan fingerprint density at radius 2 is 0.875 bits per heavy atom. The second-order valence-electron chi connectivity index (χ2n) is 11.2. The number of aromatic nitrogens is 2. The molecule has 0 amide bonds. The predicted molar refractivity (Wildman–Crippen MR) is 201 cm³/mol. The quantitative estimate of drug-likeness (QED) is 0.128. The van der Waals surface area contributed by atoms with Crippen LogP contribution in [0.4, 0.5) is 11.4 Å². The van der Waals surface area contributed by atoms with Crippen molar-refractivity contribution >= 4 is 46.7 Å². The lowest BCUT2D eigenvalue weighted by Gasteiger charge is -2.21. The van der Waals surface area contributed by atoms with Crippen LogP contribution in [-0.2, 0) is 0 Å². The Hall–Kier alpha value is -4.78. The molecular weight excluding hydrogens is 639 g/mol. The average molecular weight is 678 g/mol. The molecule has 2 heterocycles. The SMILES string of the molecule is CCN(CC)c1ccc(-c2nc(C=Cc3nc(-c4ccc(N(CC)CC)cc4)c(-c4ccccc4Cl)o3)oc2-c2ccccc2Cl)cc1. The van der Waals surface area contributed by atoms with E-state index < -0.39 is 0 Å². The molecule has 0 spiro atoms. The molecule has 6 rings (SSSR count). The molecule has 244 valence electrons. The molecule has 0 aliphatic rings. The van der Waals surface area contributed by atoms with Crippen molar-refractivity contribution in [1.82, 2.24) is 9.97 Å². The second kappa shape index (κ2) is 15.0. The molecule has 6 nitrogen and oxygen atoms in total. The first-order valence-electron chi connectivity index (χ1n) is 16.3. The summed E-state index contributed by atoms with van der Waals surface area (Å²) in [5, 5.41) is 1.16. The van der Waals surface area contributed by atoms with E-state index in [-0.39, 0.29) is 0 Å². The van der Waals surface area contributed by atoms with Crippen LogP contribution < -0.4 is 9.80 Å². The van der Waals surface area contributed by atoms with Gasteiger partial charge in [-0.3, -0.25) is 0 Å². The summed E-state index contributed by atoms with van der Waals surface area (Å²) >= 11 is 13.3. The van der Waals surface area contributed by atoms with E-state index in [9.17, 15) is 0 Å². The molecule has 8 heteroatoms. The van der Waals surface area contributed by atoms with Gasteiger partial charge in [-0.15, -0.1) is 0 Å². The maximum atomic E-state index is 6.65. The molecule has 2 aromatic heterocycles. The van der Waals surface area contributed by atoms with Crippen molar-refractivity contribution in [3.05, 3.63) is 119 Å². The van der Waals surface area contributed by atoms with Gasteiger partial charge in [0.1, 0.15) is 11.4 Å². The number of halogens is 2. The normalized spacial score (nSPS) is 11.4. The maximum Gasteiger partial charge on any atom is 0.220 e. The van der Waals surface area contributed by atoms with Gasteiger partial charge in [-0.05, 0) is 76.2 Å². The van der Waals surface area contributed by atoms with E-state index in [1.165, 1.54) is 0 Å². The highest BCUT2D eigenvalue weighted by molar-refractivity contribution is 6.33. The number of hydrogen-bond acceptors (Lipinski definition) is 6. The summed E-state index contributed by atoms with van der Waals surface area (Å²) in [4.78, 5) is 14.4. The van der Waals surface area contributed by atoms with Crippen LogP contribution in [0.2, 0.25) is 10.0 Å². The molecule has 0 N–H and O–H groups in total. The third kappa shape index (κ3) is 6.91. The number of nitrogens with zero attached hydrogens (tertiary/aromatic N) is 4. The molecule has 48 heavy (non-hydrogen) atoms. The molecule has 6 aromatic rings. The van der Waals surface area contributed by atoms with Gasteiger partial charge in [-0.25, -0.2) is 9.97 Å². The lowest BCUT2D eigenvalue weighted by molar-refractivity contribution is 0.555. The fraction of sp³-hybridized carbons (Fsp3) is 0.200. The molecule has 0 unspecified atom stereocenters. The van der Waals surface area contributed by atoms with Crippen molar-refractivity contribution in [3.63, 3.8) is 0 Å². The van der Waals surface area contributed by atoms with Crippen LogP contribution in [0.1, 0.15) is 39.5 Å². The van der Waals surface area contributed by atoms with Crippen LogP contribution >= 0.6 is 23.2 Å². The third-order valence-corrected chi connectivity index (χ3v) is 9.09. The van der Waals surface area contributed by atoms with E-state index in [1.807, 2.05) is 48.5 Å². The van der Waals surface area contributed by atoms with Crippen LogP contribution in [0.15, 0.2) is 106 Å². The first-order chi connectivity index (χ1) is 23.4. The van der Waals surface area contributed by atoms with Gasteiger partial charge in [0.2, 0.25) is 11.8 Å².